The first kappa shape index (κ1) is 8.26. The van der Waals surface area contributed by atoms with E-state index in [1.807, 2.05) is 24.3 Å². The fraction of sp³-hybridized carbons (Fsp3) is 0.111. The smallest absolute Gasteiger partial charge is 0.196 e. The number of benzene rings is 1. The van der Waals surface area contributed by atoms with Crippen molar-refractivity contribution in [3.8, 4) is 11.4 Å². The molecule has 3 nitrogen and oxygen atoms in total. The highest BCUT2D eigenvalue weighted by Crippen LogP contribution is 2.16. The summed E-state index contributed by atoms with van der Waals surface area (Å²) in [5.74, 6) is 0.666. The molecule has 1 heterocycles. The highest BCUT2D eigenvalue weighted by atomic mass is 35.5. The first-order chi connectivity index (χ1) is 6.25. The van der Waals surface area contributed by atoms with Crippen molar-refractivity contribution >= 4 is 11.6 Å². The van der Waals surface area contributed by atoms with E-state index in [0.717, 1.165) is 5.56 Å². The van der Waals surface area contributed by atoms with Gasteiger partial charge in [-0.2, -0.15) is 5.10 Å². The average Bonchev–Trinajstić information content (AvgIpc) is 2.53. The van der Waals surface area contributed by atoms with Gasteiger partial charge in [0.05, 0.1) is 0 Å². The predicted molar refractivity (Wildman–Crippen MR) is 50.3 cm³/mol. The molecule has 0 spiro atoms. The van der Waals surface area contributed by atoms with Crippen molar-refractivity contribution in [2.24, 2.45) is 7.05 Å². The summed E-state index contributed by atoms with van der Waals surface area (Å²) in [4.78, 5) is 4.00. The molecule has 13 heavy (non-hydrogen) atoms. The molecule has 65 valence electrons. The monoisotopic (exact) mass is 192 g/mol. The third-order valence-electron chi connectivity index (χ3n) is 1.65. The van der Waals surface area contributed by atoms with Gasteiger partial charge in [-0.3, -0.25) is 0 Å². The van der Waals surface area contributed by atoms with Gasteiger partial charge in [0.1, 0.15) is 0 Å². The number of hydrogen-bond donors (Lipinski definition) is 0. The standard InChI is InChI=1S/C9H7ClN3/c1-13-6-11-9(12-13)7-2-4-8(10)5-3-7/h2-5H,1H3. The molecule has 1 radical (unpaired) electrons. The van der Waals surface area contributed by atoms with Gasteiger partial charge >= 0.3 is 0 Å². The lowest BCUT2D eigenvalue weighted by atomic mass is 10.2. The van der Waals surface area contributed by atoms with Crippen molar-refractivity contribution in [3.63, 3.8) is 0 Å². The summed E-state index contributed by atoms with van der Waals surface area (Å²) in [6.07, 6.45) is 2.70. The minimum atomic E-state index is 0.666. The fourth-order valence-electron chi connectivity index (χ4n) is 1.03. The van der Waals surface area contributed by atoms with Crippen LogP contribution in [0.2, 0.25) is 5.02 Å². The number of halogens is 1. The Morgan fingerprint density at radius 3 is 2.54 bits per heavy atom. The molecule has 0 saturated carbocycles. The summed E-state index contributed by atoms with van der Waals surface area (Å²) < 4.78 is 1.55. The van der Waals surface area contributed by atoms with Crippen LogP contribution in [-0.2, 0) is 7.05 Å². The maximum absolute atomic E-state index is 5.75. The van der Waals surface area contributed by atoms with E-state index in [2.05, 4.69) is 16.4 Å². The van der Waals surface area contributed by atoms with Crippen molar-refractivity contribution in [1.82, 2.24) is 14.8 Å². The van der Waals surface area contributed by atoms with E-state index in [4.69, 9.17) is 11.6 Å². The minimum absolute atomic E-state index is 0.666. The summed E-state index contributed by atoms with van der Waals surface area (Å²) >= 11 is 5.75. The quantitative estimate of drug-likeness (QED) is 0.692. The molecule has 0 amide bonds. The van der Waals surface area contributed by atoms with Crippen molar-refractivity contribution in [2.75, 3.05) is 0 Å². The highest BCUT2D eigenvalue weighted by Gasteiger charge is 2.01. The lowest BCUT2D eigenvalue weighted by molar-refractivity contribution is 0.761. The van der Waals surface area contributed by atoms with Crippen LogP contribution in [0.1, 0.15) is 0 Å². The zero-order valence-corrected chi connectivity index (χ0v) is 7.78. The second kappa shape index (κ2) is 3.18. The summed E-state index contributed by atoms with van der Waals surface area (Å²) in [7, 11) is 1.78. The summed E-state index contributed by atoms with van der Waals surface area (Å²) in [5.41, 5.74) is 0.946. The van der Waals surface area contributed by atoms with Gasteiger partial charge < -0.3 is 0 Å². The van der Waals surface area contributed by atoms with Gasteiger partial charge in [0.15, 0.2) is 12.2 Å². The van der Waals surface area contributed by atoms with Gasteiger partial charge in [-0.1, -0.05) is 11.6 Å². The van der Waals surface area contributed by atoms with Crippen LogP contribution in [0.15, 0.2) is 24.3 Å². The Labute approximate surface area is 81.0 Å². The van der Waals surface area contributed by atoms with Gasteiger partial charge in [-0.05, 0) is 24.3 Å². The maximum Gasteiger partial charge on any atom is 0.196 e. The normalized spacial score (nSPS) is 10.3. The molecular weight excluding hydrogens is 186 g/mol. The summed E-state index contributed by atoms with van der Waals surface area (Å²) in [6, 6.07) is 7.39. The molecule has 1 aromatic heterocycles. The van der Waals surface area contributed by atoms with Crippen molar-refractivity contribution < 1.29 is 0 Å². The van der Waals surface area contributed by atoms with Crippen LogP contribution in [-0.4, -0.2) is 14.8 Å². The van der Waals surface area contributed by atoms with Gasteiger partial charge in [0, 0.05) is 17.6 Å². The molecule has 0 N–H and O–H groups in total. The molecule has 0 aliphatic heterocycles. The van der Waals surface area contributed by atoms with Crippen LogP contribution in [0.25, 0.3) is 11.4 Å². The van der Waals surface area contributed by atoms with Crippen LogP contribution in [0.5, 0.6) is 0 Å². The Hall–Kier alpha value is -1.35. The average molecular weight is 193 g/mol. The number of nitrogens with zero attached hydrogens (tertiary/aromatic N) is 3. The van der Waals surface area contributed by atoms with Crippen molar-refractivity contribution in [3.05, 3.63) is 35.6 Å². The van der Waals surface area contributed by atoms with E-state index in [1.54, 1.807) is 11.7 Å². The lowest BCUT2D eigenvalue weighted by Crippen LogP contribution is -1.87. The van der Waals surface area contributed by atoms with E-state index in [0.29, 0.717) is 10.8 Å². The molecular formula is C9H7ClN3. The highest BCUT2D eigenvalue weighted by molar-refractivity contribution is 6.30. The Kier molecular flexibility index (Phi) is 2.02. The first-order valence-electron chi connectivity index (χ1n) is 3.80. The molecule has 1 aromatic carbocycles. The summed E-state index contributed by atoms with van der Waals surface area (Å²) in [6.45, 7) is 0. The molecule has 0 atom stereocenters. The zero-order chi connectivity index (χ0) is 9.26. The fourth-order valence-corrected chi connectivity index (χ4v) is 1.15. The molecule has 0 aliphatic rings. The van der Waals surface area contributed by atoms with Crippen molar-refractivity contribution in [1.29, 1.82) is 0 Å². The SMILES string of the molecule is Cn1[c]nc(-c2ccc(Cl)cc2)n1. The third kappa shape index (κ3) is 1.70. The lowest BCUT2D eigenvalue weighted by Gasteiger charge is -1.93. The van der Waals surface area contributed by atoms with Gasteiger partial charge in [0.25, 0.3) is 0 Å². The van der Waals surface area contributed by atoms with E-state index < -0.39 is 0 Å². The largest absolute Gasteiger partial charge is 0.246 e. The van der Waals surface area contributed by atoms with Crippen LogP contribution in [0.4, 0.5) is 0 Å². The third-order valence-corrected chi connectivity index (χ3v) is 1.90. The molecule has 4 heteroatoms. The molecule has 0 saturated heterocycles. The van der Waals surface area contributed by atoms with Crippen LogP contribution >= 0.6 is 11.6 Å². The van der Waals surface area contributed by atoms with Gasteiger partial charge in [-0.15, -0.1) is 0 Å². The molecule has 0 unspecified atom stereocenters. The predicted octanol–water partition coefficient (Wildman–Crippen LogP) is 1.94. The Balaban J connectivity index is 2.41. The van der Waals surface area contributed by atoms with E-state index in [9.17, 15) is 0 Å². The Morgan fingerprint density at radius 1 is 1.31 bits per heavy atom. The van der Waals surface area contributed by atoms with E-state index in [1.165, 1.54) is 0 Å². The van der Waals surface area contributed by atoms with E-state index >= 15 is 0 Å². The van der Waals surface area contributed by atoms with Crippen LogP contribution in [0.3, 0.4) is 0 Å². The van der Waals surface area contributed by atoms with Crippen molar-refractivity contribution in [2.45, 2.75) is 0 Å². The zero-order valence-electron chi connectivity index (χ0n) is 7.03. The number of aromatic nitrogens is 3. The second-order valence-electron chi connectivity index (χ2n) is 2.67. The first-order valence-corrected chi connectivity index (χ1v) is 4.18. The number of hydrogen-bond acceptors (Lipinski definition) is 2. The topological polar surface area (TPSA) is 30.7 Å². The summed E-state index contributed by atoms with van der Waals surface area (Å²) in [5, 5.41) is 4.83. The van der Waals surface area contributed by atoms with Crippen LogP contribution in [0, 0.1) is 6.33 Å². The Bertz CT molecular complexity index is 405. The van der Waals surface area contributed by atoms with Gasteiger partial charge in [-0.25, -0.2) is 9.67 Å². The molecule has 0 bridgehead atoms. The number of rotatable bonds is 1. The Morgan fingerprint density at radius 2 is 2.00 bits per heavy atom. The molecule has 0 fully saturated rings. The molecule has 2 aromatic rings. The molecule has 0 aliphatic carbocycles. The maximum atomic E-state index is 5.75. The second-order valence-corrected chi connectivity index (χ2v) is 3.10. The molecule has 2 rings (SSSR count). The minimum Gasteiger partial charge on any atom is -0.246 e. The van der Waals surface area contributed by atoms with E-state index in [-0.39, 0.29) is 0 Å². The number of aryl methyl sites for hydroxylation is 1. The van der Waals surface area contributed by atoms with Gasteiger partial charge in [0.2, 0.25) is 0 Å². The van der Waals surface area contributed by atoms with Crippen LogP contribution < -0.4 is 0 Å².